The number of piperidine rings is 1. The molecule has 0 spiro atoms. The van der Waals surface area contributed by atoms with Gasteiger partial charge in [-0.2, -0.15) is 0 Å². The molecule has 21 heavy (non-hydrogen) atoms. The van der Waals surface area contributed by atoms with Gasteiger partial charge in [-0.1, -0.05) is 0 Å². The van der Waals surface area contributed by atoms with Crippen LogP contribution in [0.1, 0.15) is 12.8 Å². The lowest BCUT2D eigenvalue weighted by Crippen LogP contribution is -2.58. The van der Waals surface area contributed by atoms with E-state index in [1.54, 1.807) is 17.3 Å². The first-order chi connectivity index (χ1) is 10.0. The molecule has 0 radical (unpaired) electrons. The van der Waals surface area contributed by atoms with Crippen molar-refractivity contribution in [2.75, 3.05) is 45.7 Å². The Labute approximate surface area is 125 Å². The molecule has 1 aromatic rings. The Bertz CT molecular complexity index is 520. The first-order valence-corrected chi connectivity index (χ1v) is 7.48. The number of aromatic nitrogens is 2. The minimum atomic E-state index is -0.324. The lowest BCUT2D eigenvalue weighted by Gasteiger charge is -2.45. The number of amides is 1. The van der Waals surface area contributed by atoms with Gasteiger partial charge in [-0.25, -0.2) is 9.97 Å². The highest BCUT2D eigenvalue weighted by atomic mass is 16.2. The van der Waals surface area contributed by atoms with Crippen LogP contribution in [0.25, 0.3) is 0 Å². The smallest absolute Gasteiger partial charge is 0.231 e. The number of nitrogens with zero attached hydrogens (tertiary/aromatic N) is 5. The van der Waals surface area contributed by atoms with Crippen molar-refractivity contribution in [1.82, 2.24) is 19.8 Å². The quantitative estimate of drug-likeness (QED) is 0.792. The predicted octanol–water partition coefficient (Wildman–Crippen LogP) is 0.465. The van der Waals surface area contributed by atoms with Gasteiger partial charge < -0.3 is 14.7 Å². The average molecular weight is 289 g/mol. The van der Waals surface area contributed by atoms with Crippen molar-refractivity contribution in [2.45, 2.75) is 18.9 Å². The molecule has 0 N–H and O–H groups in total. The summed E-state index contributed by atoms with van der Waals surface area (Å²) in [5, 5.41) is 0. The number of carbonyl (C=O) groups is 1. The molecular weight excluding hydrogens is 266 g/mol. The van der Waals surface area contributed by atoms with Gasteiger partial charge >= 0.3 is 0 Å². The molecule has 6 heteroatoms. The fourth-order valence-corrected chi connectivity index (χ4v) is 3.93. The van der Waals surface area contributed by atoms with Gasteiger partial charge in [0, 0.05) is 46.1 Å². The molecule has 6 nitrogen and oxygen atoms in total. The van der Waals surface area contributed by atoms with Gasteiger partial charge in [-0.3, -0.25) is 4.79 Å². The molecule has 2 atom stereocenters. The Balaban J connectivity index is 1.98. The van der Waals surface area contributed by atoms with Crippen molar-refractivity contribution in [3.8, 4) is 0 Å². The summed E-state index contributed by atoms with van der Waals surface area (Å²) in [5.74, 6) is 0.978. The summed E-state index contributed by atoms with van der Waals surface area (Å²) in [7, 11) is 5.79. The minimum Gasteiger partial charge on any atom is -0.348 e. The first-order valence-electron chi connectivity index (χ1n) is 7.48. The van der Waals surface area contributed by atoms with Crippen molar-refractivity contribution < 1.29 is 4.79 Å². The SMILES string of the molecule is CN1C[C@@H]2N(c3ncccn3)CCC[C@]2(C(=O)N(C)C)C1. The summed E-state index contributed by atoms with van der Waals surface area (Å²) in [4.78, 5) is 27.9. The fourth-order valence-electron chi connectivity index (χ4n) is 3.93. The van der Waals surface area contributed by atoms with Crippen LogP contribution in [0.4, 0.5) is 5.95 Å². The number of fused-ring (bicyclic) bond motifs is 1. The van der Waals surface area contributed by atoms with Gasteiger partial charge in [0.15, 0.2) is 0 Å². The van der Waals surface area contributed by atoms with Crippen LogP contribution in [0, 0.1) is 5.41 Å². The van der Waals surface area contributed by atoms with Crippen molar-refractivity contribution >= 4 is 11.9 Å². The normalized spacial score (nSPS) is 29.3. The summed E-state index contributed by atoms with van der Waals surface area (Å²) in [6, 6.07) is 1.99. The Hall–Kier alpha value is -1.69. The van der Waals surface area contributed by atoms with Crippen molar-refractivity contribution in [2.24, 2.45) is 5.41 Å². The van der Waals surface area contributed by atoms with Crippen LogP contribution < -0.4 is 4.90 Å². The van der Waals surface area contributed by atoms with Crippen molar-refractivity contribution in [3.63, 3.8) is 0 Å². The van der Waals surface area contributed by atoms with Gasteiger partial charge in [0.2, 0.25) is 11.9 Å². The summed E-state index contributed by atoms with van der Waals surface area (Å²) in [6.07, 6.45) is 5.49. The van der Waals surface area contributed by atoms with E-state index < -0.39 is 0 Å². The molecule has 0 saturated carbocycles. The second kappa shape index (κ2) is 5.26. The molecule has 1 aromatic heterocycles. The molecule has 0 bridgehead atoms. The highest BCUT2D eigenvalue weighted by Gasteiger charge is 2.56. The molecule has 0 unspecified atom stereocenters. The maximum absolute atomic E-state index is 12.9. The van der Waals surface area contributed by atoms with E-state index >= 15 is 0 Å². The number of rotatable bonds is 2. The van der Waals surface area contributed by atoms with Crippen LogP contribution in [0.15, 0.2) is 18.5 Å². The zero-order valence-electron chi connectivity index (χ0n) is 13.0. The summed E-state index contributed by atoms with van der Waals surface area (Å²) in [5.41, 5.74) is -0.324. The monoisotopic (exact) mass is 289 g/mol. The maximum atomic E-state index is 12.9. The average Bonchev–Trinajstić information content (AvgIpc) is 2.84. The lowest BCUT2D eigenvalue weighted by molar-refractivity contribution is -0.140. The van der Waals surface area contributed by atoms with Crippen molar-refractivity contribution in [3.05, 3.63) is 18.5 Å². The number of likely N-dealkylation sites (N-methyl/N-ethyl adjacent to an activating group) is 1. The second-order valence-electron chi connectivity index (χ2n) is 6.41. The van der Waals surface area contributed by atoms with Gasteiger partial charge in [0.05, 0.1) is 11.5 Å². The topological polar surface area (TPSA) is 52.6 Å². The molecule has 114 valence electrons. The van der Waals surface area contributed by atoms with E-state index in [1.165, 1.54) is 0 Å². The maximum Gasteiger partial charge on any atom is 0.231 e. The van der Waals surface area contributed by atoms with E-state index in [0.29, 0.717) is 0 Å². The number of hydrogen-bond donors (Lipinski definition) is 0. The van der Waals surface area contributed by atoms with Gasteiger partial charge in [-0.15, -0.1) is 0 Å². The van der Waals surface area contributed by atoms with Crippen LogP contribution in [-0.2, 0) is 4.79 Å². The Morgan fingerprint density at radius 1 is 1.38 bits per heavy atom. The van der Waals surface area contributed by atoms with Crippen LogP contribution in [0.2, 0.25) is 0 Å². The van der Waals surface area contributed by atoms with E-state index in [-0.39, 0.29) is 17.4 Å². The number of carbonyl (C=O) groups excluding carboxylic acids is 1. The van der Waals surface area contributed by atoms with Gasteiger partial charge in [-0.05, 0) is 26.0 Å². The predicted molar refractivity (Wildman–Crippen MR) is 81.0 cm³/mol. The van der Waals surface area contributed by atoms with Gasteiger partial charge in [0.1, 0.15) is 0 Å². The molecular formula is C15H23N5O. The molecule has 0 aromatic carbocycles. The van der Waals surface area contributed by atoms with Crippen LogP contribution >= 0.6 is 0 Å². The Morgan fingerprint density at radius 2 is 2.10 bits per heavy atom. The van der Waals surface area contributed by atoms with Gasteiger partial charge in [0.25, 0.3) is 0 Å². The number of anilines is 1. The molecule has 2 aliphatic heterocycles. The van der Waals surface area contributed by atoms with Crippen molar-refractivity contribution in [1.29, 1.82) is 0 Å². The minimum absolute atomic E-state index is 0.161. The highest BCUT2D eigenvalue weighted by molar-refractivity contribution is 5.85. The summed E-state index contributed by atoms with van der Waals surface area (Å²) < 4.78 is 0. The van der Waals surface area contributed by atoms with E-state index in [2.05, 4.69) is 26.8 Å². The van der Waals surface area contributed by atoms with Crippen LogP contribution in [0.3, 0.4) is 0 Å². The van der Waals surface area contributed by atoms with E-state index in [4.69, 9.17) is 0 Å². The first kappa shape index (κ1) is 14.3. The molecule has 3 heterocycles. The van der Waals surface area contributed by atoms with Crippen LogP contribution in [0.5, 0.6) is 0 Å². The van der Waals surface area contributed by atoms with Crippen LogP contribution in [-0.4, -0.2) is 72.5 Å². The molecule has 2 fully saturated rings. The third kappa shape index (κ3) is 2.27. The van der Waals surface area contributed by atoms with E-state index in [1.807, 2.05) is 20.2 Å². The molecule has 1 amide bonds. The largest absolute Gasteiger partial charge is 0.348 e. The summed E-state index contributed by atoms with van der Waals surface area (Å²) in [6.45, 7) is 2.63. The second-order valence-corrected chi connectivity index (χ2v) is 6.41. The Kier molecular flexibility index (Phi) is 3.57. The Morgan fingerprint density at radius 3 is 2.76 bits per heavy atom. The zero-order chi connectivity index (χ0) is 15.0. The molecule has 2 aliphatic rings. The molecule has 0 aliphatic carbocycles. The summed E-state index contributed by atoms with van der Waals surface area (Å²) >= 11 is 0. The highest BCUT2D eigenvalue weighted by Crippen LogP contribution is 2.43. The number of hydrogen-bond acceptors (Lipinski definition) is 5. The zero-order valence-corrected chi connectivity index (χ0v) is 13.0. The van der Waals surface area contributed by atoms with E-state index in [0.717, 1.165) is 38.4 Å². The van der Waals surface area contributed by atoms with E-state index in [9.17, 15) is 4.79 Å². The molecule has 3 rings (SSSR count). The molecule has 2 saturated heterocycles. The number of likely N-dealkylation sites (tertiary alicyclic amines) is 1. The standard InChI is InChI=1S/C15H23N5O/c1-18(2)13(21)15-6-4-9-20(12(15)10-19(3)11-15)14-16-7-5-8-17-14/h5,7-8,12H,4,6,9-11H2,1-3H3/t12-,15-/m0/s1. The third-order valence-corrected chi connectivity index (χ3v) is 4.71. The lowest BCUT2D eigenvalue weighted by atomic mass is 9.74. The third-order valence-electron chi connectivity index (χ3n) is 4.71. The fraction of sp³-hybridized carbons (Fsp3) is 0.667.